The third kappa shape index (κ3) is 3.62. The van der Waals surface area contributed by atoms with Gasteiger partial charge in [0.25, 0.3) is 10.0 Å². The maximum atomic E-state index is 12.4. The van der Waals surface area contributed by atoms with E-state index in [4.69, 9.17) is 23.2 Å². The number of rotatable bonds is 5. The van der Waals surface area contributed by atoms with Gasteiger partial charge in [-0.25, -0.2) is 8.42 Å². The van der Waals surface area contributed by atoms with E-state index in [-0.39, 0.29) is 15.7 Å². The summed E-state index contributed by atoms with van der Waals surface area (Å²) < 4.78 is 27.0. The Labute approximate surface area is 132 Å². The smallest absolute Gasteiger partial charge is 0.264 e. The van der Waals surface area contributed by atoms with E-state index in [1.807, 2.05) is 0 Å². The van der Waals surface area contributed by atoms with Crippen LogP contribution in [-0.4, -0.2) is 25.7 Å². The molecule has 0 saturated heterocycles. The van der Waals surface area contributed by atoms with Crippen molar-refractivity contribution in [3.8, 4) is 0 Å². The maximum Gasteiger partial charge on any atom is 0.264 e. The summed E-state index contributed by atoms with van der Waals surface area (Å²) in [5, 5.41) is 10.6. The third-order valence-electron chi connectivity index (χ3n) is 2.60. The van der Waals surface area contributed by atoms with E-state index in [1.165, 1.54) is 24.4 Å². The van der Waals surface area contributed by atoms with Crippen molar-refractivity contribution in [3.05, 3.63) is 46.1 Å². The van der Waals surface area contributed by atoms with Crippen LogP contribution in [-0.2, 0) is 16.6 Å². The Balaban J connectivity index is 2.43. The minimum absolute atomic E-state index is 0.0653. The van der Waals surface area contributed by atoms with Crippen LogP contribution in [0.4, 0.5) is 5.82 Å². The summed E-state index contributed by atoms with van der Waals surface area (Å²) in [7, 11) is -2.16. The third-order valence-corrected chi connectivity index (χ3v) is 4.90. The van der Waals surface area contributed by atoms with Crippen LogP contribution in [0.5, 0.6) is 0 Å². The molecule has 0 aliphatic rings. The molecule has 0 radical (unpaired) electrons. The Bertz CT molecular complexity index is 738. The van der Waals surface area contributed by atoms with Crippen molar-refractivity contribution >= 4 is 39.0 Å². The molecule has 1 heterocycles. The summed E-state index contributed by atoms with van der Waals surface area (Å²) in [5.74, 6) is 0.110. The fourth-order valence-electron chi connectivity index (χ4n) is 1.67. The Kier molecular flexibility index (Phi) is 5.00. The van der Waals surface area contributed by atoms with E-state index in [0.717, 1.165) is 0 Å². The quantitative estimate of drug-likeness (QED) is 0.867. The fraction of sp³-hybridized carbons (Fsp3) is 0.167. The van der Waals surface area contributed by atoms with Crippen molar-refractivity contribution in [1.29, 1.82) is 0 Å². The van der Waals surface area contributed by atoms with Gasteiger partial charge in [-0.2, -0.15) is 5.10 Å². The number of anilines is 1. The highest BCUT2D eigenvalue weighted by Crippen LogP contribution is 2.31. The molecule has 112 valence electrons. The van der Waals surface area contributed by atoms with Crippen LogP contribution in [0.1, 0.15) is 5.56 Å². The number of nitrogens with one attached hydrogen (secondary N) is 2. The zero-order valence-corrected chi connectivity index (χ0v) is 13.3. The molecule has 2 rings (SSSR count). The number of nitrogens with zero attached hydrogens (tertiary/aromatic N) is 2. The van der Waals surface area contributed by atoms with Gasteiger partial charge in [-0.15, -0.1) is 5.10 Å². The Hall–Kier alpha value is -1.41. The summed E-state index contributed by atoms with van der Waals surface area (Å²) in [6.45, 7) is 0.353. The lowest BCUT2D eigenvalue weighted by Gasteiger charge is -2.12. The first-order valence-electron chi connectivity index (χ1n) is 5.87. The van der Waals surface area contributed by atoms with Gasteiger partial charge in [-0.1, -0.05) is 23.2 Å². The second kappa shape index (κ2) is 6.57. The number of hydrogen-bond acceptors (Lipinski definition) is 5. The minimum Gasteiger partial charge on any atom is -0.316 e. The Morgan fingerprint density at radius 3 is 2.62 bits per heavy atom. The molecule has 0 saturated carbocycles. The Morgan fingerprint density at radius 1 is 1.24 bits per heavy atom. The molecule has 0 unspecified atom stereocenters. The van der Waals surface area contributed by atoms with Gasteiger partial charge in [0.2, 0.25) is 0 Å². The molecular weight excluding hydrogens is 335 g/mol. The van der Waals surface area contributed by atoms with E-state index in [9.17, 15) is 8.42 Å². The summed E-state index contributed by atoms with van der Waals surface area (Å²) in [6.07, 6.45) is 1.44. The second-order valence-electron chi connectivity index (χ2n) is 4.08. The van der Waals surface area contributed by atoms with Gasteiger partial charge in [0.1, 0.15) is 4.90 Å². The number of benzene rings is 1. The highest BCUT2D eigenvalue weighted by Gasteiger charge is 2.22. The average molecular weight is 347 g/mol. The molecule has 0 fully saturated rings. The van der Waals surface area contributed by atoms with E-state index in [0.29, 0.717) is 17.1 Å². The molecule has 1 aromatic heterocycles. The first-order valence-corrected chi connectivity index (χ1v) is 8.11. The highest BCUT2D eigenvalue weighted by atomic mass is 35.5. The first kappa shape index (κ1) is 16.0. The maximum absolute atomic E-state index is 12.4. The molecule has 9 heteroatoms. The molecule has 0 atom stereocenters. The number of sulfonamides is 1. The van der Waals surface area contributed by atoms with Crippen molar-refractivity contribution in [1.82, 2.24) is 15.5 Å². The monoisotopic (exact) mass is 346 g/mol. The van der Waals surface area contributed by atoms with Crippen LogP contribution < -0.4 is 10.0 Å². The van der Waals surface area contributed by atoms with Crippen LogP contribution in [0, 0.1) is 0 Å². The summed E-state index contributed by atoms with van der Waals surface area (Å²) in [4.78, 5) is -0.0653. The topological polar surface area (TPSA) is 84.0 Å². The van der Waals surface area contributed by atoms with Crippen LogP contribution in [0.3, 0.4) is 0 Å². The predicted molar refractivity (Wildman–Crippen MR) is 82.1 cm³/mol. The van der Waals surface area contributed by atoms with Gasteiger partial charge in [0.15, 0.2) is 5.82 Å². The molecule has 0 spiro atoms. The molecule has 0 aliphatic heterocycles. The lowest BCUT2D eigenvalue weighted by atomic mass is 10.2. The predicted octanol–water partition coefficient (Wildman–Crippen LogP) is 2.30. The molecule has 2 N–H and O–H groups in total. The number of hydrogen-bond donors (Lipinski definition) is 2. The van der Waals surface area contributed by atoms with Crippen LogP contribution in [0.15, 0.2) is 35.4 Å². The SMILES string of the molecule is CNCc1c(Cl)ccc(S(=O)(=O)Nc2cccnn2)c1Cl. The van der Waals surface area contributed by atoms with Crippen molar-refractivity contribution in [2.24, 2.45) is 0 Å². The fourth-order valence-corrected chi connectivity index (χ4v) is 3.58. The van der Waals surface area contributed by atoms with E-state index < -0.39 is 10.0 Å². The van der Waals surface area contributed by atoms with Gasteiger partial charge in [-0.3, -0.25) is 4.72 Å². The zero-order valence-electron chi connectivity index (χ0n) is 11.0. The van der Waals surface area contributed by atoms with Gasteiger partial charge in [-0.05, 0) is 31.3 Å². The van der Waals surface area contributed by atoms with Crippen molar-refractivity contribution < 1.29 is 8.42 Å². The Morgan fingerprint density at radius 2 is 2.00 bits per heavy atom. The largest absolute Gasteiger partial charge is 0.316 e. The summed E-state index contributed by atoms with van der Waals surface area (Å²) in [6, 6.07) is 5.90. The van der Waals surface area contributed by atoms with Crippen molar-refractivity contribution in [2.45, 2.75) is 11.4 Å². The van der Waals surface area contributed by atoms with E-state index in [2.05, 4.69) is 20.2 Å². The normalized spacial score (nSPS) is 11.4. The summed E-state index contributed by atoms with van der Waals surface area (Å²) in [5.41, 5.74) is 0.517. The van der Waals surface area contributed by atoms with Gasteiger partial charge in [0.05, 0.1) is 5.02 Å². The van der Waals surface area contributed by atoms with E-state index in [1.54, 1.807) is 13.1 Å². The molecular formula is C12H12Cl2N4O2S. The van der Waals surface area contributed by atoms with E-state index >= 15 is 0 Å². The second-order valence-corrected chi connectivity index (χ2v) is 6.52. The highest BCUT2D eigenvalue weighted by molar-refractivity contribution is 7.92. The van der Waals surface area contributed by atoms with Crippen molar-refractivity contribution in [2.75, 3.05) is 11.8 Å². The molecule has 2 aromatic rings. The number of aromatic nitrogens is 2. The van der Waals surface area contributed by atoms with Gasteiger partial charge < -0.3 is 5.32 Å². The van der Waals surface area contributed by atoms with Gasteiger partial charge >= 0.3 is 0 Å². The van der Waals surface area contributed by atoms with Crippen LogP contribution in [0.2, 0.25) is 10.0 Å². The molecule has 0 amide bonds. The van der Waals surface area contributed by atoms with Gasteiger partial charge in [0, 0.05) is 23.3 Å². The average Bonchev–Trinajstić information content (AvgIpc) is 2.43. The molecule has 0 bridgehead atoms. The standard InChI is InChI=1S/C12H12Cl2N4O2S/c1-15-7-8-9(13)4-5-10(12(8)14)21(19,20)18-11-3-2-6-16-17-11/h2-6,15H,7H2,1H3,(H,17,18). The summed E-state index contributed by atoms with van der Waals surface area (Å²) >= 11 is 12.2. The zero-order chi connectivity index (χ0) is 15.5. The lowest BCUT2D eigenvalue weighted by Crippen LogP contribution is -2.16. The van der Waals surface area contributed by atoms with Crippen molar-refractivity contribution in [3.63, 3.8) is 0 Å². The van der Waals surface area contributed by atoms with Crippen LogP contribution >= 0.6 is 23.2 Å². The minimum atomic E-state index is -3.87. The lowest BCUT2D eigenvalue weighted by molar-refractivity contribution is 0.600. The first-order chi connectivity index (χ1) is 9.95. The van der Waals surface area contributed by atoms with Crippen LogP contribution in [0.25, 0.3) is 0 Å². The molecule has 21 heavy (non-hydrogen) atoms. The molecule has 0 aliphatic carbocycles. The number of halogens is 2. The molecule has 6 nitrogen and oxygen atoms in total. The molecule has 1 aromatic carbocycles.